The fourth-order valence-electron chi connectivity index (χ4n) is 2.80. The SMILES string of the molecule is CC(C)C(C(=O)O)c1cncn1C1CCCC1. The zero-order valence-electron chi connectivity index (χ0n) is 10.5. The van der Waals surface area contributed by atoms with Crippen molar-refractivity contribution < 1.29 is 9.90 Å². The maximum Gasteiger partial charge on any atom is 0.312 e. The molecule has 0 saturated heterocycles. The zero-order valence-corrected chi connectivity index (χ0v) is 10.5. The van der Waals surface area contributed by atoms with E-state index in [0.29, 0.717) is 6.04 Å². The normalized spacial score (nSPS) is 18.8. The Morgan fingerprint density at radius 2 is 2.12 bits per heavy atom. The molecule has 0 bridgehead atoms. The number of hydrogen-bond donors (Lipinski definition) is 1. The summed E-state index contributed by atoms with van der Waals surface area (Å²) in [6, 6.07) is 0.452. The standard InChI is InChI=1S/C13H20N2O2/c1-9(2)12(13(16)17)11-7-14-8-15(11)10-5-3-4-6-10/h7-10,12H,3-6H2,1-2H3,(H,16,17). The lowest BCUT2D eigenvalue weighted by Crippen LogP contribution is -2.22. The van der Waals surface area contributed by atoms with Gasteiger partial charge in [-0.25, -0.2) is 4.98 Å². The number of aliphatic carboxylic acids is 1. The Morgan fingerprint density at radius 1 is 1.47 bits per heavy atom. The van der Waals surface area contributed by atoms with Crippen molar-refractivity contribution in [2.45, 2.75) is 51.5 Å². The molecule has 2 rings (SSSR count). The summed E-state index contributed by atoms with van der Waals surface area (Å²) in [5, 5.41) is 9.34. The van der Waals surface area contributed by atoms with E-state index in [-0.39, 0.29) is 5.92 Å². The van der Waals surface area contributed by atoms with Crippen LogP contribution in [0, 0.1) is 5.92 Å². The summed E-state index contributed by atoms with van der Waals surface area (Å²) in [4.78, 5) is 15.5. The van der Waals surface area contributed by atoms with Gasteiger partial charge in [0.1, 0.15) is 5.92 Å². The molecule has 1 N–H and O–H groups in total. The molecular weight excluding hydrogens is 216 g/mol. The molecule has 0 radical (unpaired) electrons. The van der Waals surface area contributed by atoms with E-state index < -0.39 is 11.9 Å². The van der Waals surface area contributed by atoms with Gasteiger partial charge in [0.05, 0.1) is 12.0 Å². The predicted octanol–water partition coefficient (Wildman–Crippen LogP) is 2.82. The molecule has 94 valence electrons. The molecule has 0 aliphatic heterocycles. The van der Waals surface area contributed by atoms with Crippen LogP contribution in [-0.4, -0.2) is 20.6 Å². The van der Waals surface area contributed by atoms with Crippen LogP contribution < -0.4 is 0 Å². The van der Waals surface area contributed by atoms with Crippen LogP contribution in [0.15, 0.2) is 12.5 Å². The third kappa shape index (κ3) is 2.35. The zero-order chi connectivity index (χ0) is 12.4. The van der Waals surface area contributed by atoms with Crippen molar-refractivity contribution in [3.63, 3.8) is 0 Å². The topological polar surface area (TPSA) is 55.1 Å². The molecule has 1 aromatic heterocycles. The molecule has 17 heavy (non-hydrogen) atoms. The molecular formula is C13H20N2O2. The summed E-state index contributed by atoms with van der Waals surface area (Å²) in [7, 11) is 0. The Balaban J connectivity index is 2.30. The molecule has 1 aromatic rings. The average Bonchev–Trinajstić information content (AvgIpc) is 2.84. The van der Waals surface area contributed by atoms with E-state index in [1.165, 1.54) is 12.8 Å². The van der Waals surface area contributed by atoms with E-state index in [1.54, 1.807) is 12.5 Å². The summed E-state index contributed by atoms with van der Waals surface area (Å²) < 4.78 is 2.09. The van der Waals surface area contributed by atoms with Gasteiger partial charge in [0.25, 0.3) is 0 Å². The van der Waals surface area contributed by atoms with Crippen LogP contribution in [0.1, 0.15) is 57.2 Å². The Bertz CT molecular complexity index is 392. The van der Waals surface area contributed by atoms with E-state index in [1.807, 2.05) is 13.8 Å². The van der Waals surface area contributed by atoms with E-state index in [0.717, 1.165) is 18.5 Å². The Labute approximate surface area is 102 Å². The molecule has 1 fully saturated rings. The molecule has 1 heterocycles. The average molecular weight is 236 g/mol. The van der Waals surface area contributed by atoms with Crippen LogP contribution in [0.5, 0.6) is 0 Å². The number of rotatable bonds is 4. The Kier molecular flexibility index (Phi) is 3.50. The highest BCUT2D eigenvalue weighted by Gasteiger charge is 2.29. The molecule has 1 atom stereocenters. The highest BCUT2D eigenvalue weighted by atomic mass is 16.4. The number of carbonyl (C=O) groups is 1. The second-order valence-electron chi connectivity index (χ2n) is 5.22. The van der Waals surface area contributed by atoms with Crippen molar-refractivity contribution in [1.82, 2.24) is 9.55 Å². The molecule has 0 amide bonds. The summed E-state index contributed by atoms with van der Waals surface area (Å²) in [5.74, 6) is -1.11. The summed E-state index contributed by atoms with van der Waals surface area (Å²) in [6.45, 7) is 3.90. The summed E-state index contributed by atoms with van der Waals surface area (Å²) in [5.41, 5.74) is 0.861. The first-order valence-electron chi connectivity index (χ1n) is 6.35. The van der Waals surface area contributed by atoms with E-state index in [2.05, 4.69) is 9.55 Å². The van der Waals surface area contributed by atoms with Crippen LogP contribution >= 0.6 is 0 Å². The smallest absolute Gasteiger partial charge is 0.312 e. The van der Waals surface area contributed by atoms with Gasteiger partial charge < -0.3 is 9.67 Å². The van der Waals surface area contributed by atoms with Gasteiger partial charge in [-0.15, -0.1) is 0 Å². The van der Waals surface area contributed by atoms with Gasteiger partial charge in [-0.3, -0.25) is 4.79 Å². The fraction of sp³-hybridized carbons (Fsp3) is 0.692. The first-order chi connectivity index (χ1) is 8.11. The number of aromatic nitrogens is 2. The van der Waals surface area contributed by atoms with Crippen molar-refractivity contribution in [2.24, 2.45) is 5.92 Å². The lowest BCUT2D eigenvalue weighted by atomic mass is 9.92. The first-order valence-corrected chi connectivity index (χ1v) is 6.35. The molecule has 1 aliphatic carbocycles. The van der Waals surface area contributed by atoms with Crippen LogP contribution in [0.2, 0.25) is 0 Å². The lowest BCUT2D eigenvalue weighted by molar-refractivity contribution is -0.140. The molecule has 0 aromatic carbocycles. The minimum absolute atomic E-state index is 0.0874. The van der Waals surface area contributed by atoms with Crippen LogP contribution in [0.25, 0.3) is 0 Å². The van der Waals surface area contributed by atoms with Crippen molar-refractivity contribution in [3.05, 3.63) is 18.2 Å². The predicted molar refractivity (Wildman–Crippen MR) is 64.9 cm³/mol. The molecule has 1 saturated carbocycles. The number of imidazole rings is 1. The molecule has 1 unspecified atom stereocenters. The van der Waals surface area contributed by atoms with Crippen LogP contribution in [0.4, 0.5) is 0 Å². The summed E-state index contributed by atoms with van der Waals surface area (Å²) >= 11 is 0. The lowest BCUT2D eigenvalue weighted by Gasteiger charge is -2.21. The van der Waals surface area contributed by atoms with Crippen LogP contribution in [-0.2, 0) is 4.79 Å². The number of hydrogen-bond acceptors (Lipinski definition) is 2. The molecule has 1 aliphatic rings. The van der Waals surface area contributed by atoms with Crippen molar-refractivity contribution in [3.8, 4) is 0 Å². The largest absolute Gasteiger partial charge is 0.481 e. The minimum atomic E-state index is -0.750. The minimum Gasteiger partial charge on any atom is -0.481 e. The number of nitrogens with zero attached hydrogens (tertiary/aromatic N) is 2. The molecule has 0 spiro atoms. The van der Waals surface area contributed by atoms with Gasteiger partial charge in [-0.1, -0.05) is 26.7 Å². The van der Waals surface area contributed by atoms with Crippen LogP contribution in [0.3, 0.4) is 0 Å². The van der Waals surface area contributed by atoms with E-state index >= 15 is 0 Å². The Morgan fingerprint density at radius 3 is 2.65 bits per heavy atom. The van der Waals surface area contributed by atoms with Gasteiger partial charge >= 0.3 is 5.97 Å². The quantitative estimate of drug-likeness (QED) is 0.874. The summed E-state index contributed by atoms with van der Waals surface area (Å²) in [6.07, 6.45) is 8.28. The van der Waals surface area contributed by atoms with E-state index in [4.69, 9.17) is 0 Å². The maximum absolute atomic E-state index is 11.4. The highest BCUT2D eigenvalue weighted by molar-refractivity contribution is 5.75. The third-order valence-corrected chi connectivity index (χ3v) is 3.67. The second-order valence-corrected chi connectivity index (χ2v) is 5.22. The van der Waals surface area contributed by atoms with Crippen molar-refractivity contribution >= 4 is 5.97 Å². The second kappa shape index (κ2) is 4.90. The molecule has 4 nitrogen and oxygen atoms in total. The van der Waals surface area contributed by atoms with Crippen molar-refractivity contribution in [2.75, 3.05) is 0 Å². The third-order valence-electron chi connectivity index (χ3n) is 3.67. The highest BCUT2D eigenvalue weighted by Crippen LogP contribution is 2.34. The number of carboxylic acids is 1. The monoisotopic (exact) mass is 236 g/mol. The van der Waals surface area contributed by atoms with Crippen molar-refractivity contribution in [1.29, 1.82) is 0 Å². The van der Waals surface area contributed by atoms with Gasteiger partial charge in [0, 0.05) is 12.2 Å². The van der Waals surface area contributed by atoms with Gasteiger partial charge in [-0.2, -0.15) is 0 Å². The van der Waals surface area contributed by atoms with E-state index in [9.17, 15) is 9.90 Å². The fourth-order valence-corrected chi connectivity index (χ4v) is 2.80. The first kappa shape index (κ1) is 12.1. The van der Waals surface area contributed by atoms with Gasteiger partial charge in [-0.05, 0) is 18.8 Å². The van der Waals surface area contributed by atoms with Gasteiger partial charge in [0.2, 0.25) is 0 Å². The number of carboxylic acid groups (broad SMARTS) is 1. The Hall–Kier alpha value is -1.32. The maximum atomic E-state index is 11.4. The van der Waals surface area contributed by atoms with Gasteiger partial charge in [0.15, 0.2) is 0 Å². The molecule has 4 heteroatoms.